The lowest BCUT2D eigenvalue weighted by molar-refractivity contribution is -0.161. The van der Waals surface area contributed by atoms with Gasteiger partial charge in [-0.3, -0.25) is 9.69 Å². The number of hydrogen-bond acceptors (Lipinski definition) is 4. The van der Waals surface area contributed by atoms with Crippen molar-refractivity contribution in [2.45, 2.75) is 52.2 Å². The molecular formula is C25H35NO3. The lowest BCUT2D eigenvalue weighted by Crippen LogP contribution is -2.35. The number of esters is 1. The van der Waals surface area contributed by atoms with E-state index in [-0.39, 0.29) is 24.0 Å². The summed E-state index contributed by atoms with van der Waals surface area (Å²) in [6, 6.07) is 18.8. The Hall–Kier alpha value is -2.33. The first kappa shape index (κ1) is 23.0. The van der Waals surface area contributed by atoms with Crippen LogP contribution in [0.5, 0.6) is 5.75 Å². The molecule has 0 N–H and O–H groups in total. The van der Waals surface area contributed by atoms with Crippen LogP contribution in [0.15, 0.2) is 54.6 Å². The zero-order chi connectivity index (χ0) is 21.2. The number of hydrogen-bond donors (Lipinski definition) is 0. The Kier molecular flexibility index (Phi) is 9.20. The van der Waals surface area contributed by atoms with E-state index in [0.717, 1.165) is 31.6 Å². The van der Waals surface area contributed by atoms with Crippen molar-refractivity contribution in [2.24, 2.45) is 5.92 Å². The average molecular weight is 398 g/mol. The number of carbonyl (C=O) groups is 1. The van der Waals surface area contributed by atoms with Crippen LogP contribution in [0, 0.1) is 5.92 Å². The van der Waals surface area contributed by atoms with Crippen molar-refractivity contribution in [3.8, 4) is 5.75 Å². The van der Waals surface area contributed by atoms with Crippen molar-refractivity contribution < 1.29 is 14.3 Å². The first-order valence-corrected chi connectivity index (χ1v) is 10.5. The zero-order valence-corrected chi connectivity index (χ0v) is 18.4. The second-order valence-corrected chi connectivity index (χ2v) is 8.05. The van der Waals surface area contributed by atoms with Gasteiger partial charge in [0.1, 0.15) is 5.75 Å². The van der Waals surface area contributed by atoms with Gasteiger partial charge in [0, 0.05) is 6.42 Å². The predicted molar refractivity (Wildman–Crippen MR) is 118 cm³/mol. The zero-order valence-electron chi connectivity index (χ0n) is 18.4. The molecule has 0 bridgehead atoms. The van der Waals surface area contributed by atoms with E-state index in [2.05, 4.69) is 43.3 Å². The van der Waals surface area contributed by atoms with Gasteiger partial charge in [-0.2, -0.15) is 0 Å². The van der Waals surface area contributed by atoms with Gasteiger partial charge < -0.3 is 9.47 Å². The molecule has 2 atom stereocenters. The monoisotopic (exact) mass is 397 g/mol. The third-order valence-corrected chi connectivity index (χ3v) is 4.91. The molecule has 0 heterocycles. The fourth-order valence-electron chi connectivity index (χ4n) is 3.21. The van der Waals surface area contributed by atoms with Crippen LogP contribution in [0.2, 0.25) is 0 Å². The molecule has 0 fully saturated rings. The Morgan fingerprint density at radius 1 is 1.03 bits per heavy atom. The van der Waals surface area contributed by atoms with Crippen molar-refractivity contribution in [1.82, 2.24) is 4.90 Å². The van der Waals surface area contributed by atoms with E-state index in [0.29, 0.717) is 0 Å². The summed E-state index contributed by atoms with van der Waals surface area (Å²) in [4.78, 5) is 14.2. The Labute approximate surface area is 175 Å². The third kappa shape index (κ3) is 7.54. The summed E-state index contributed by atoms with van der Waals surface area (Å²) in [6.45, 7) is 6.56. The van der Waals surface area contributed by atoms with Crippen LogP contribution in [-0.4, -0.2) is 37.8 Å². The van der Waals surface area contributed by atoms with Gasteiger partial charge in [0.15, 0.2) is 6.23 Å². The summed E-state index contributed by atoms with van der Waals surface area (Å²) in [5, 5.41) is 0. The first-order chi connectivity index (χ1) is 13.9. The highest BCUT2D eigenvalue weighted by Gasteiger charge is 2.24. The molecule has 0 aliphatic heterocycles. The summed E-state index contributed by atoms with van der Waals surface area (Å²) in [6.07, 6.45) is 2.31. The molecule has 2 aromatic carbocycles. The van der Waals surface area contributed by atoms with Gasteiger partial charge in [-0.25, -0.2) is 0 Å². The predicted octanol–water partition coefficient (Wildman–Crippen LogP) is 5.28. The summed E-state index contributed by atoms with van der Waals surface area (Å²) in [5.74, 6) is 0.835. The van der Waals surface area contributed by atoms with E-state index >= 15 is 0 Å². The molecule has 0 radical (unpaired) electrons. The molecule has 0 aromatic heterocycles. The Balaban J connectivity index is 2.22. The first-order valence-electron chi connectivity index (χ1n) is 10.5. The van der Waals surface area contributed by atoms with Gasteiger partial charge in [0.25, 0.3) is 0 Å². The fraction of sp³-hybridized carbons (Fsp3) is 0.480. The second kappa shape index (κ2) is 11.6. The summed E-state index contributed by atoms with van der Waals surface area (Å²) in [5.41, 5.74) is 2.47. The van der Waals surface area contributed by atoms with E-state index in [4.69, 9.17) is 9.47 Å². The maximum Gasteiger partial charge on any atom is 0.309 e. The largest absolute Gasteiger partial charge is 0.494 e. The van der Waals surface area contributed by atoms with E-state index in [1.54, 1.807) is 0 Å². The highest BCUT2D eigenvalue weighted by atomic mass is 16.6. The van der Waals surface area contributed by atoms with E-state index in [1.807, 2.05) is 51.0 Å². The molecule has 0 aliphatic rings. The summed E-state index contributed by atoms with van der Waals surface area (Å²) in [7, 11) is 3.92. The van der Waals surface area contributed by atoms with Crippen molar-refractivity contribution in [3.63, 3.8) is 0 Å². The molecule has 4 nitrogen and oxygen atoms in total. The van der Waals surface area contributed by atoms with Crippen molar-refractivity contribution in [2.75, 3.05) is 20.7 Å². The lowest BCUT2D eigenvalue weighted by atomic mass is 9.88. The molecule has 29 heavy (non-hydrogen) atoms. The topological polar surface area (TPSA) is 38.8 Å². The summed E-state index contributed by atoms with van der Waals surface area (Å²) >= 11 is 0. The second-order valence-electron chi connectivity index (χ2n) is 8.05. The minimum absolute atomic E-state index is 0.139. The molecule has 0 saturated carbocycles. The van der Waals surface area contributed by atoms with Crippen LogP contribution >= 0.6 is 0 Å². The minimum Gasteiger partial charge on any atom is -0.494 e. The molecular weight excluding hydrogens is 362 g/mol. The van der Waals surface area contributed by atoms with Crippen molar-refractivity contribution >= 4 is 5.97 Å². The van der Waals surface area contributed by atoms with E-state index in [9.17, 15) is 4.79 Å². The molecule has 0 amide bonds. The van der Waals surface area contributed by atoms with Crippen molar-refractivity contribution in [1.29, 1.82) is 0 Å². The van der Waals surface area contributed by atoms with Crippen LogP contribution in [0.4, 0.5) is 0 Å². The van der Waals surface area contributed by atoms with Crippen LogP contribution in [0.3, 0.4) is 0 Å². The highest BCUT2D eigenvalue weighted by Crippen LogP contribution is 2.29. The smallest absolute Gasteiger partial charge is 0.309 e. The maximum atomic E-state index is 12.2. The van der Waals surface area contributed by atoms with Gasteiger partial charge in [-0.1, -0.05) is 63.2 Å². The third-order valence-electron chi connectivity index (χ3n) is 4.91. The Morgan fingerprint density at radius 3 is 2.38 bits per heavy atom. The van der Waals surface area contributed by atoms with Crippen molar-refractivity contribution in [3.05, 3.63) is 65.7 Å². The Morgan fingerprint density at radius 2 is 1.76 bits per heavy atom. The number of benzene rings is 2. The molecule has 2 rings (SSSR count). The molecule has 2 aromatic rings. The van der Waals surface area contributed by atoms with Crippen LogP contribution < -0.4 is 4.74 Å². The Bertz CT molecular complexity index is 743. The van der Waals surface area contributed by atoms with Gasteiger partial charge in [0.2, 0.25) is 0 Å². The molecule has 4 heteroatoms. The standard InChI is InChI=1S/C25H35NO3/c1-6-15-28-23-14-10-11-20(17-23)16-22(21-12-8-7-9-13-21)18-24(26(4)5)29-25(27)19(2)3/h7-14,17,19,22,24H,6,15-16,18H2,1-5H3. The molecule has 0 spiro atoms. The highest BCUT2D eigenvalue weighted by molar-refractivity contribution is 5.71. The van der Waals surface area contributed by atoms with Gasteiger partial charge in [0.05, 0.1) is 12.5 Å². The van der Waals surface area contributed by atoms with Crippen LogP contribution in [0.25, 0.3) is 0 Å². The minimum atomic E-state index is -0.269. The maximum absolute atomic E-state index is 12.2. The SMILES string of the molecule is CCCOc1cccc(CC(CC(OC(=O)C(C)C)N(C)C)c2ccccc2)c1. The van der Waals surface area contributed by atoms with Crippen LogP contribution in [0.1, 0.15) is 50.7 Å². The number of carbonyl (C=O) groups excluding carboxylic acids is 1. The molecule has 2 unspecified atom stereocenters. The number of rotatable bonds is 11. The molecule has 0 aliphatic carbocycles. The fourth-order valence-corrected chi connectivity index (χ4v) is 3.21. The summed E-state index contributed by atoms with van der Waals surface area (Å²) < 4.78 is 11.6. The normalized spacial score (nSPS) is 13.3. The number of ether oxygens (including phenoxy) is 2. The lowest BCUT2D eigenvalue weighted by Gasteiger charge is -2.29. The van der Waals surface area contributed by atoms with E-state index in [1.165, 1.54) is 11.1 Å². The van der Waals surface area contributed by atoms with E-state index < -0.39 is 0 Å². The van der Waals surface area contributed by atoms with Gasteiger partial charge in [-0.15, -0.1) is 0 Å². The molecule has 158 valence electrons. The van der Waals surface area contributed by atoms with Crippen LogP contribution in [-0.2, 0) is 16.0 Å². The molecule has 0 saturated heterocycles. The number of nitrogens with zero attached hydrogens (tertiary/aromatic N) is 1. The average Bonchev–Trinajstić information content (AvgIpc) is 2.71. The quantitative estimate of drug-likeness (QED) is 0.382. The van der Waals surface area contributed by atoms with Gasteiger partial charge >= 0.3 is 5.97 Å². The van der Waals surface area contributed by atoms with Gasteiger partial charge in [-0.05, 0) is 56.1 Å².